The molecule has 1 aromatic heterocycles. The number of carbonyl (C=O) groups is 1. The molecule has 0 fully saturated rings. The summed E-state index contributed by atoms with van der Waals surface area (Å²) in [6.45, 7) is 1.65. The van der Waals surface area contributed by atoms with E-state index in [9.17, 15) is 4.79 Å². The third-order valence-electron chi connectivity index (χ3n) is 1.44. The maximum Gasteiger partial charge on any atom is 0.325 e. The van der Waals surface area contributed by atoms with Gasteiger partial charge in [-0.2, -0.15) is 5.10 Å². The topological polar surface area (TPSA) is 81.1 Å². The number of nitrogens with zero attached hydrogens (tertiary/aromatic N) is 2. The Kier molecular flexibility index (Phi) is 4.48. The SMILES string of the molecule is Cc1c(I)c(N)nn1CC(=O)O.Cl. The molecule has 0 saturated carbocycles. The molecule has 0 unspecified atom stereocenters. The van der Waals surface area contributed by atoms with Crippen LogP contribution in [-0.4, -0.2) is 20.9 Å². The van der Waals surface area contributed by atoms with Gasteiger partial charge in [-0.15, -0.1) is 12.4 Å². The van der Waals surface area contributed by atoms with Crippen LogP contribution in [0.3, 0.4) is 0 Å². The van der Waals surface area contributed by atoms with E-state index in [1.807, 2.05) is 22.6 Å². The van der Waals surface area contributed by atoms with Crippen LogP contribution in [0.1, 0.15) is 5.69 Å². The molecule has 0 aromatic carbocycles. The van der Waals surface area contributed by atoms with Gasteiger partial charge in [0.2, 0.25) is 0 Å². The minimum Gasteiger partial charge on any atom is -0.480 e. The number of carboxylic acids is 1. The van der Waals surface area contributed by atoms with Crippen LogP contribution in [0.4, 0.5) is 5.82 Å². The molecule has 0 atom stereocenters. The van der Waals surface area contributed by atoms with Gasteiger partial charge in [-0.3, -0.25) is 9.48 Å². The molecule has 1 aromatic rings. The second-order valence-electron chi connectivity index (χ2n) is 2.34. The fraction of sp³-hybridized carbons (Fsp3) is 0.333. The summed E-state index contributed by atoms with van der Waals surface area (Å²) in [6, 6.07) is 0. The molecule has 1 rings (SSSR count). The molecule has 1 heterocycles. The van der Waals surface area contributed by atoms with Crippen molar-refractivity contribution in [1.82, 2.24) is 9.78 Å². The van der Waals surface area contributed by atoms with E-state index in [0.717, 1.165) is 9.26 Å². The summed E-state index contributed by atoms with van der Waals surface area (Å²) in [5.41, 5.74) is 6.27. The number of carboxylic acid groups (broad SMARTS) is 1. The summed E-state index contributed by atoms with van der Waals surface area (Å²) < 4.78 is 2.19. The minimum absolute atomic E-state index is 0. The van der Waals surface area contributed by atoms with Gasteiger partial charge in [0.25, 0.3) is 0 Å². The first-order valence-corrected chi connectivity index (χ1v) is 4.30. The van der Waals surface area contributed by atoms with Crippen LogP contribution >= 0.6 is 35.0 Å². The molecule has 0 aliphatic rings. The van der Waals surface area contributed by atoms with Gasteiger partial charge in [0.05, 0.1) is 9.26 Å². The van der Waals surface area contributed by atoms with Crippen molar-refractivity contribution in [3.8, 4) is 0 Å². The number of hydrogen-bond donors (Lipinski definition) is 2. The normalized spacial score (nSPS) is 9.38. The lowest BCUT2D eigenvalue weighted by atomic mass is 10.4. The summed E-state index contributed by atoms with van der Waals surface area (Å²) in [5.74, 6) is -0.536. The third-order valence-corrected chi connectivity index (χ3v) is 2.78. The van der Waals surface area contributed by atoms with Crippen LogP contribution in [0.25, 0.3) is 0 Å². The Morgan fingerprint density at radius 2 is 2.31 bits per heavy atom. The highest BCUT2D eigenvalue weighted by Crippen LogP contribution is 2.17. The Bertz CT molecular complexity index is 326. The van der Waals surface area contributed by atoms with Crippen LogP contribution < -0.4 is 5.73 Å². The van der Waals surface area contributed by atoms with Crippen LogP contribution in [0.2, 0.25) is 0 Å². The number of nitrogens with two attached hydrogens (primary N) is 1. The van der Waals surface area contributed by atoms with Crippen molar-refractivity contribution in [1.29, 1.82) is 0 Å². The Balaban J connectivity index is 0.00000144. The zero-order chi connectivity index (χ0) is 9.30. The molecule has 74 valence electrons. The fourth-order valence-corrected chi connectivity index (χ4v) is 1.22. The van der Waals surface area contributed by atoms with Crippen molar-refractivity contribution in [3.05, 3.63) is 9.26 Å². The number of anilines is 1. The fourth-order valence-electron chi connectivity index (χ4n) is 0.830. The number of hydrogen-bond acceptors (Lipinski definition) is 3. The molecular formula is C6H9ClIN3O2. The molecule has 0 aliphatic heterocycles. The molecule has 13 heavy (non-hydrogen) atoms. The van der Waals surface area contributed by atoms with Gasteiger partial charge in [-0.25, -0.2) is 0 Å². The van der Waals surface area contributed by atoms with E-state index in [1.54, 1.807) is 6.92 Å². The second kappa shape index (κ2) is 4.66. The lowest BCUT2D eigenvalue weighted by Gasteiger charge is -1.97. The largest absolute Gasteiger partial charge is 0.480 e. The van der Waals surface area contributed by atoms with Crippen molar-refractivity contribution in [3.63, 3.8) is 0 Å². The molecule has 0 bridgehead atoms. The Labute approximate surface area is 94.8 Å². The molecule has 0 saturated heterocycles. The van der Waals surface area contributed by atoms with Gasteiger partial charge in [0.1, 0.15) is 6.54 Å². The Morgan fingerprint density at radius 1 is 1.77 bits per heavy atom. The van der Waals surface area contributed by atoms with E-state index >= 15 is 0 Å². The molecule has 0 amide bonds. The Morgan fingerprint density at radius 3 is 2.62 bits per heavy atom. The zero-order valence-electron chi connectivity index (χ0n) is 6.82. The third kappa shape index (κ3) is 2.73. The highest BCUT2D eigenvalue weighted by atomic mass is 127. The number of nitrogen functional groups attached to an aromatic ring is 1. The van der Waals surface area contributed by atoms with Crippen molar-refractivity contribution in [2.45, 2.75) is 13.5 Å². The van der Waals surface area contributed by atoms with Crippen molar-refractivity contribution < 1.29 is 9.90 Å². The average Bonchev–Trinajstić information content (AvgIpc) is 2.17. The van der Waals surface area contributed by atoms with E-state index in [0.29, 0.717) is 5.82 Å². The van der Waals surface area contributed by atoms with Gasteiger partial charge in [0.15, 0.2) is 5.82 Å². The predicted octanol–water partition coefficient (Wildman–Crippen LogP) is 0.885. The smallest absolute Gasteiger partial charge is 0.325 e. The summed E-state index contributed by atoms with van der Waals surface area (Å²) in [4.78, 5) is 10.3. The molecular weight excluding hydrogens is 308 g/mol. The summed E-state index contributed by atoms with van der Waals surface area (Å²) in [5, 5.41) is 12.3. The van der Waals surface area contributed by atoms with Gasteiger partial charge >= 0.3 is 5.97 Å². The molecule has 3 N–H and O–H groups in total. The zero-order valence-corrected chi connectivity index (χ0v) is 9.79. The molecule has 0 spiro atoms. The van der Waals surface area contributed by atoms with Gasteiger partial charge in [0, 0.05) is 0 Å². The summed E-state index contributed by atoms with van der Waals surface area (Å²) in [7, 11) is 0. The number of halogens is 2. The first kappa shape index (κ1) is 12.5. The lowest BCUT2D eigenvalue weighted by molar-refractivity contribution is -0.137. The molecule has 7 heteroatoms. The van der Waals surface area contributed by atoms with Gasteiger partial charge in [-0.1, -0.05) is 0 Å². The predicted molar refractivity (Wildman–Crippen MR) is 59.0 cm³/mol. The van der Waals surface area contributed by atoms with Crippen molar-refractivity contribution in [2.75, 3.05) is 5.73 Å². The van der Waals surface area contributed by atoms with E-state index in [4.69, 9.17) is 10.8 Å². The first-order chi connectivity index (χ1) is 5.52. The highest BCUT2D eigenvalue weighted by Gasteiger charge is 2.10. The van der Waals surface area contributed by atoms with Gasteiger partial charge in [-0.05, 0) is 29.5 Å². The van der Waals surface area contributed by atoms with Crippen LogP contribution in [-0.2, 0) is 11.3 Å². The van der Waals surface area contributed by atoms with E-state index in [-0.39, 0.29) is 19.0 Å². The maximum absolute atomic E-state index is 10.3. The monoisotopic (exact) mass is 317 g/mol. The van der Waals surface area contributed by atoms with Crippen LogP contribution in [0, 0.1) is 10.5 Å². The molecule has 0 radical (unpaired) electrons. The van der Waals surface area contributed by atoms with E-state index < -0.39 is 5.97 Å². The number of aromatic nitrogens is 2. The van der Waals surface area contributed by atoms with Crippen LogP contribution in [0.5, 0.6) is 0 Å². The standard InChI is InChI=1S/C6H8IN3O2.ClH/c1-3-5(7)6(8)9-10(3)2-4(11)12;/h2H2,1H3,(H2,8,9)(H,11,12);1H. The second-order valence-corrected chi connectivity index (χ2v) is 3.41. The number of aliphatic carboxylic acids is 1. The van der Waals surface area contributed by atoms with Crippen molar-refractivity contribution >= 4 is 46.8 Å². The summed E-state index contributed by atoms with van der Waals surface area (Å²) >= 11 is 2.04. The molecule has 5 nitrogen and oxygen atoms in total. The van der Waals surface area contributed by atoms with E-state index in [2.05, 4.69) is 5.10 Å². The van der Waals surface area contributed by atoms with Crippen LogP contribution in [0.15, 0.2) is 0 Å². The quantitative estimate of drug-likeness (QED) is 0.794. The first-order valence-electron chi connectivity index (χ1n) is 3.22. The lowest BCUT2D eigenvalue weighted by Crippen LogP contribution is -2.11. The minimum atomic E-state index is -0.919. The maximum atomic E-state index is 10.3. The Hall–Kier alpha value is -0.500. The highest BCUT2D eigenvalue weighted by molar-refractivity contribution is 14.1. The van der Waals surface area contributed by atoms with E-state index in [1.165, 1.54) is 4.68 Å². The molecule has 0 aliphatic carbocycles. The van der Waals surface area contributed by atoms with Gasteiger partial charge < -0.3 is 10.8 Å². The summed E-state index contributed by atoms with van der Waals surface area (Å²) in [6.07, 6.45) is 0. The van der Waals surface area contributed by atoms with Crippen molar-refractivity contribution in [2.24, 2.45) is 0 Å². The average molecular weight is 318 g/mol. The number of rotatable bonds is 2.